The van der Waals surface area contributed by atoms with Crippen LogP contribution >= 0.6 is 0 Å². The number of nitrogens with zero attached hydrogens (tertiary/aromatic N) is 2. The molecule has 2 aromatic carbocycles. The van der Waals surface area contributed by atoms with Crippen LogP contribution in [0.4, 0.5) is 18.9 Å². The molecule has 0 fully saturated rings. The molecule has 23 heavy (non-hydrogen) atoms. The molecule has 0 unspecified atom stereocenters. The summed E-state index contributed by atoms with van der Waals surface area (Å²) >= 11 is 0. The van der Waals surface area contributed by atoms with Crippen molar-refractivity contribution < 1.29 is 13.2 Å². The molecule has 2 nitrogen and oxygen atoms in total. The van der Waals surface area contributed by atoms with Crippen molar-refractivity contribution in [2.24, 2.45) is 4.99 Å². The summed E-state index contributed by atoms with van der Waals surface area (Å²) in [5, 5.41) is 0. The molecule has 0 heterocycles. The molecule has 0 saturated heterocycles. The number of rotatable bonds is 3. The van der Waals surface area contributed by atoms with Crippen LogP contribution in [-0.4, -0.2) is 20.4 Å². The lowest BCUT2D eigenvalue weighted by Crippen LogP contribution is -2.15. The molecule has 0 aliphatic carbocycles. The highest BCUT2D eigenvalue weighted by Crippen LogP contribution is 2.35. The first-order valence-corrected chi connectivity index (χ1v) is 7.18. The monoisotopic (exact) mass is 320 g/mol. The number of aryl methyl sites for hydroxylation is 2. The molecule has 0 atom stereocenters. The third kappa shape index (κ3) is 3.73. The summed E-state index contributed by atoms with van der Waals surface area (Å²) in [5.74, 6) is 0. The molecule has 0 aliphatic rings. The average Bonchev–Trinajstić information content (AvgIpc) is 2.48. The molecule has 5 heteroatoms. The smallest absolute Gasteiger partial charge is 0.336 e. The van der Waals surface area contributed by atoms with Crippen LogP contribution in [0, 0.1) is 13.8 Å². The van der Waals surface area contributed by atoms with Crippen molar-refractivity contribution >= 4 is 12.0 Å². The number of hydrogen-bond acceptors (Lipinski definition) is 1. The maximum atomic E-state index is 12.9. The van der Waals surface area contributed by atoms with Gasteiger partial charge in [0, 0.05) is 19.8 Å². The fourth-order valence-corrected chi connectivity index (χ4v) is 2.59. The lowest BCUT2D eigenvalue weighted by Gasteiger charge is -2.19. The van der Waals surface area contributed by atoms with Crippen LogP contribution < -0.4 is 4.90 Å². The third-order valence-electron chi connectivity index (χ3n) is 3.71. The van der Waals surface area contributed by atoms with Gasteiger partial charge in [0.2, 0.25) is 0 Å². The van der Waals surface area contributed by atoms with Crippen molar-refractivity contribution in [2.45, 2.75) is 20.0 Å². The molecule has 0 N–H and O–H groups in total. The molecule has 0 bridgehead atoms. The zero-order valence-corrected chi connectivity index (χ0v) is 13.6. The maximum absolute atomic E-state index is 12.9. The minimum absolute atomic E-state index is 0.568. The Kier molecular flexibility index (Phi) is 4.78. The van der Waals surface area contributed by atoms with Crippen LogP contribution in [0.1, 0.15) is 16.7 Å². The summed E-state index contributed by atoms with van der Waals surface area (Å²) in [5.41, 5.74) is 3.61. The van der Waals surface area contributed by atoms with Gasteiger partial charge in [-0.2, -0.15) is 13.2 Å². The molecule has 2 rings (SSSR count). The number of hydrogen-bond donors (Lipinski definition) is 0. The predicted molar refractivity (Wildman–Crippen MR) is 89.2 cm³/mol. The van der Waals surface area contributed by atoms with Crippen molar-refractivity contribution in [3.05, 3.63) is 53.1 Å². The van der Waals surface area contributed by atoms with E-state index < -0.39 is 11.7 Å². The van der Waals surface area contributed by atoms with Gasteiger partial charge in [-0.05, 0) is 60.4 Å². The molecule has 0 radical (unpaired) electrons. The summed E-state index contributed by atoms with van der Waals surface area (Å²) in [6.07, 6.45) is -2.64. The van der Waals surface area contributed by atoms with E-state index in [1.54, 1.807) is 19.5 Å². The standard InChI is InChI=1S/C18H19F3N2/c1-12-9-17(23(4)11-22-3)13(2)8-16(12)14-6-5-7-15(10-14)18(19,20)21/h5-11H,1-4H3. The molecular formula is C18H19F3N2. The van der Waals surface area contributed by atoms with E-state index in [0.717, 1.165) is 28.4 Å². The van der Waals surface area contributed by atoms with Crippen LogP contribution in [0.3, 0.4) is 0 Å². The number of aliphatic imine (C=N–C) groups is 1. The molecule has 0 aromatic heterocycles. The van der Waals surface area contributed by atoms with Gasteiger partial charge < -0.3 is 4.90 Å². The summed E-state index contributed by atoms with van der Waals surface area (Å²) in [7, 11) is 3.58. The van der Waals surface area contributed by atoms with Gasteiger partial charge in [-0.15, -0.1) is 0 Å². The van der Waals surface area contributed by atoms with Gasteiger partial charge in [-0.25, -0.2) is 0 Å². The zero-order valence-electron chi connectivity index (χ0n) is 13.6. The van der Waals surface area contributed by atoms with Gasteiger partial charge in [-0.1, -0.05) is 12.1 Å². The summed E-state index contributed by atoms with van der Waals surface area (Å²) in [6, 6.07) is 9.31. The Bertz CT molecular complexity index is 734. The lowest BCUT2D eigenvalue weighted by molar-refractivity contribution is -0.137. The second-order valence-electron chi connectivity index (χ2n) is 5.52. The highest BCUT2D eigenvalue weighted by atomic mass is 19.4. The van der Waals surface area contributed by atoms with Crippen LogP contribution in [0.25, 0.3) is 11.1 Å². The van der Waals surface area contributed by atoms with Gasteiger partial charge in [0.25, 0.3) is 0 Å². The Morgan fingerprint density at radius 1 is 1.04 bits per heavy atom. The van der Waals surface area contributed by atoms with Crippen molar-refractivity contribution in [1.82, 2.24) is 0 Å². The zero-order chi connectivity index (χ0) is 17.2. The van der Waals surface area contributed by atoms with E-state index in [1.807, 2.05) is 37.9 Å². The average molecular weight is 320 g/mol. The van der Waals surface area contributed by atoms with E-state index >= 15 is 0 Å². The minimum Gasteiger partial charge on any atom is -0.336 e. The van der Waals surface area contributed by atoms with Crippen molar-refractivity contribution in [1.29, 1.82) is 0 Å². The SMILES string of the molecule is CN=CN(C)c1cc(C)c(-c2cccc(C(F)(F)F)c2)cc1C. The van der Waals surface area contributed by atoms with Gasteiger partial charge in [0.05, 0.1) is 11.9 Å². The Morgan fingerprint density at radius 3 is 2.35 bits per heavy atom. The normalized spacial score (nSPS) is 12.0. The van der Waals surface area contributed by atoms with Crippen LogP contribution in [-0.2, 0) is 6.18 Å². The first-order chi connectivity index (χ1) is 10.7. The first-order valence-electron chi connectivity index (χ1n) is 7.18. The molecular weight excluding hydrogens is 301 g/mol. The van der Waals surface area contributed by atoms with Crippen LogP contribution in [0.5, 0.6) is 0 Å². The molecule has 0 saturated carbocycles. The fraction of sp³-hybridized carbons (Fsp3) is 0.278. The Hall–Kier alpha value is -2.30. The largest absolute Gasteiger partial charge is 0.416 e. The Labute approximate surface area is 134 Å². The van der Waals surface area contributed by atoms with E-state index in [0.29, 0.717) is 5.56 Å². The Balaban J connectivity index is 2.51. The maximum Gasteiger partial charge on any atom is 0.416 e. The third-order valence-corrected chi connectivity index (χ3v) is 3.71. The predicted octanol–water partition coefficient (Wildman–Crippen LogP) is 5.08. The van der Waals surface area contributed by atoms with Gasteiger partial charge >= 0.3 is 6.18 Å². The molecule has 0 spiro atoms. The van der Waals surface area contributed by atoms with Crippen molar-refractivity contribution in [3.63, 3.8) is 0 Å². The minimum atomic E-state index is -4.34. The lowest BCUT2D eigenvalue weighted by atomic mass is 9.95. The highest BCUT2D eigenvalue weighted by molar-refractivity contribution is 5.82. The van der Waals surface area contributed by atoms with E-state index in [4.69, 9.17) is 0 Å². The highest BCUT2D eigenvalue weighted by Gasteiger charge is 2.30. The molecule has 0 amide bonds. The van der Waals surface area contributed by atoms with E-state index in [-0.39, 0.29) is 0 Å². The van der Waals surface area contributed by atoms with E-state index in [9.17, 15) is 13.2 Å². The van der Waals surface area contributed by atoms with Gasteiger partial charge in [-0.3, -0.25) is 4.99 Å². The second-order valence-corrected chi connectivity index (χ2v) is 5.52. The van der Waals surface area contributed by atoms with Crippen LogP contribution in [0.15, 0.2) is 41.4 Å². The van der Waals surface area contributed by atoms with Crippen molar-refractivity contribution in [3.8, 4) is 11.1 Å². The quantitative estimate of drug-likeness (QED) is 0.568. The Morgan fingerprint density at radius 2 is 1.74 bits per heavy atom. The van der Waals surface area contributed by atoms with Crippen molar-refractivity contribution in [2.75, 3.05) is 19.0 Å². The topological polar surface area (TPSA) is 15.6 Å². The number of alkyl halides is 3. The second kappa shape index (κ2) is 6.44. The number of halogens is 3. The van der Waals surface area contributed by atoms with Gasteiger partial charge in [0.15, 0.2) is 0 Å². The molecule has 2 aromatic rings. The summed E-state index contributed by atoms with van der Waals surface area (Å²) in [6.45, 7) is 3.83. The summed E-state index contributed by atoms with van der Waals surface area (Å²) < 4.78 is 38.7. The van der Waals surface area contributed by atoms with E-state index in [1.165, 1.54) is 12.1 Å². The van der Waals surface area contributed by atoms with Crippen LogP contribution in [0.2, 0.25) is 0 Å². The first kappa shape index (κ1) is 17.1. The number of benzene rings is 2. The molecule has 0 aliphatic heterocycles. The number of anilines is 1. The molecule has 122 valence electrons. The fourth-order valence-electron chi connectivity index (χ4n) is 2.59. The summed E-state index contributed by atoms with van der Waals surface area (Å²) in [4.78, 5) is 5.87. The van der Waals surface area contributed by atoms with Gasteiger partial charge in [0.1, 0.15) is 0 Å². The van der Waals surface area contributed by atoms with E-state index in [2.05, 4.69) is 4.99 Å².